The number of hydrogen-bond donors (Lipinski definition) is 0. The van der Waals surface area contributed by atoms with Crippen molar-refractivity contribution in [2.75, 3.05) is 5.88 Å². The van der Waals surface area contributed by atoms with Crippen LogP contribution in [0.4, 0.5) is 4.39 Å². The van der Waals surface area contributed by atoms with Gasteiger partial charge in [-0.1, -0.05) is 12.1 Å². The van der Waals surface area contributed by atoms with E-state index in [2.05, 4.69) is 11.2 Å². The highest BCUT2D eigenvalue weighted by Crippen LogP contribution is 2.17. The summed E-state index contributed by atoms with van der Waals surface area (Å²) in [6.07, 6.45) is 1.64. The minimum absolute atomic E-state index is 0.192. The molecular formula is C15H18ClFN2. The van der Waals surface area contributed by atoms with Crippen LogP contribution >= 0.6 is 11.6 Å². The summed E-state index contributed by atoms with van der Waals surface area (Å²) >= 11 is 6.04. The molecule has 0 N–H and O–H groups in total. The van der Waals surface area contributed by atoms with E-state index in [0.29, 0.717) is 11.8 Å². The molecule has 0 fully saturated rings. The van der Waals surface area contributed by atoms with Crippen molar-refractivity contribution in [1.29, 1.82) is 0 Å². The molecule has 19 heavy (non-hydrogen) atoms. The predicted molar refractivity (Wildman–Crippen MR) is 76.0 cm³/mol. The Kier molecular flexibility index (Phi) is 4.59. The van der Waals surface area contributed by atoms with Gasteiger partial charge >= 0.3 is 0 Å². The number of hydrogen-bond acceptors (Lipinski definition) is 1. The van der Waals surface area contributed by atoms with Gasteiger partial charge in [0.1, 0.15) is 5.82 Å². The lowest BCUT2D eigenvalue weighted by molar-refractivity contribution is 0.548. The van der Waals surface area contributed by atoms with Crippen molar-refractivity contribution in [3.05, 3.63) is 53.1 Å². The standard InChI is InChI=1S/C15H18ClFN2/c1-11-6-15(19(2)18-11)9-13(10-16)7-12-4-3-5-14(17)8-12/h3-6,8,13H,7,9-10H2,1-2H3. The molecule has 2 rings (SSSR count). The molecule has 1 heterocycles. The Morgan fingerprint density at radius 1 is 1.32 bits per heavy atom. The molecule has 1 atom stereocenters. The van der Waals surface area contributed by atoms with Crippen LogP contribution in [0, 0.1) is 18.7 Å². The summed E-state index contributed by atoms with van der Waals surface area (Å²) < 4.78 is 15.1. The lowest BCUT2D eigenvalue weighted by Gasteiger charge is -2.14. The number of benzene rings is 1. The number of aromatic nitrogens is 2. The Hall–Kier alpha value is -1.35. The fraction of sp³-hybridized carbons (Fsp3) is 0.400. The SMILES string of the molecule is Cc1cc(CC(CCl)Cc2cccc(F)c2)n(C)n1. The molecule has 0 amide bonds. The Balaban J connectivity index is 2.06. The Morgan fingerprint density at radius 3 is 2.68 bits per heavy atom. The van der Waals surface area contributed by atoms with Gasteiger partial charge in [0.25, 0.3) is 0 Å². The highest BCUT2D eigenvalue weighted by Gasteiger charge is 2.13. The van der Waals surface area contributed by atoms with E-state index in [1.807, 2.05) is 24.7 Å². The van der Waals surface area contributed by atoms with Gasteiger partial charge in [-0.15, -0.1) is 11.6 Å². The number of halogens is 2. The largest absolute Gasteiger partial charge is 0.272 e. The van der Waals surface area contributed by atoms with Crippen molar-refractivity contribution in [2.24, 2.45) is 13.0 Å². The second-order valence-corrected chi connectivity index (χ2v) is 5.27. The monoisotopic (exact) mass is 280 g/mol. The first-order chi connectivity index (χ1) is 9.08. The lowest BCUT2D eigenvalue weighted by Crippen LogP contribution is -2.13. The molecule has 102 valence electrons. The molecule has 0 saturated carbocycles. The lowest BCUT2D eigenvalue weighted by atomic mass is 9.96. The molecule has 0 saturated heterocycles. The summed E-state index contributed by atoms with van der Waals surface area (Å²) in [6, 6.07) is 8.80. The number of aryl methyl sites for hydroxylation is 2. The molecule has 0 aliphatic heterocycles. The summed E-state index contributed by atoms with van der Waals surface area (Å²) in [4.78, 5) is 0. The van der Waals surface area contributed by atoms with Crippen LogP contribution < -0.4 is 0 Å². The minimum Gasteiger partial charge on any atom is -0.272 e. The highest BCUT2D eigenvalue weighted by atomic mass is 35.5. The third-order valence-electron chi connectivity index (χ3n) is 3.23. The molecule has 0 bridgehead atoms. The Labute approximate surface area is 118 Å². The van der Waals surface area contributed by atoms with Crippen LogP contribution in [0.2, 0.25) is 0 Å². The minimum atomic E-state index is -0.192. The highest BCUT2D eigenvalue weighted by molar-refractivity contribution is 6.18. The zero-order valence-corrected chi connectivity index (χ0v) is 12.0. The average Bonchev–Trinajstić information content (AvgIpc) is 2.67. The number of alkyl halides is 1. The quantitative estimate of drug-likeness (QED) is 0.767. The maximum atomic E-state index is 13.2. The van der Waals surface area contributed by atoms with Crippen molar-refractivity contribution in [2.45, 2.75) is 19.8 Å². The number of rotatable bonds is 5. The van der Waals surface area contributed by atoms with Crippen molar-refractivity contribution in [3.63, 3.8) is 0 Å². The van der Waals surface area contributed by atoms with Crippen LogP contribution in [0.15, 0.2) is 30.3 Å². The molecule has 2 aromatic rings. The van der Waals surface area contributed by atoms with Gasteiger partial charge in [0.2, 0.25) is 0 Å². The molecule has 1 unspecified atom stereocenters. The van der Waals surface area contributed by atoms with Crippen molar-refractivity contribution in [3.8, 4) is 0 Å². The smallest absolute Gasteiger partial charge is 0.123 e. The van der Waals surface area contributed by atoms with Gasteiger partial charge in [0.15, 0.2) is 0 Å². The van der Waals surface area contributed by atoms with Crippen LogP contribution in [-0.2, 0) is 19.9 Å². The number of nitrogens with zero attached hydrogens (tertiary/aromatic N) is 2. The molecule has 0 spiro atoms. The summed E-state index contributed by atoms with van der Waals surface area (Å²) in [5, 5.41) is 4.33. The van der Waals surface area contributed by atoms with E-state index < -0.39 is 0 Å². The first-order valence-electron chi connectivity index (χ1n) is 6.38. The first kappa shape index (κ1) is 14.1. The van der Waals surface area contributed by atoms with Gasteiger partial charge in [-0.2, -0.15) is 5.10 Å². The third kappa shape index (κ3) is 3.80. The second kappa shape index (κ2) is 6.20. The van der Waals surface area contributed by atoms with Gasteiger partial charge in [-0.05, 0) is 49.4 Å². The second-order valence-electron chi connectivity index (χ2n) is 4.96. The average molecular weight is 281 g/mol. The van der Waals surface area contributed by atoms with Crippen LogP contribution in [0.1, 0.15) is 17.0 Å². The van der Waals surface area contributed by atoms with Crippen molar-refractivity contribution >= 4 is 11.6 Å². The summed E-state index contributed by atoms with van der Waals surface area (Å²) in [7, 11) is 1.94. The molecule has 0 aliphatic rings. The van der Waals surface area contributed by atoms with E-state index in [1.165, 1.54) is 11.8 Å². The molecule has 0 aliphatic carbocycles. The van der Waals surface area contributed by atoms with Crippen molar-refractivity contribution in [1.82, 2.24) is 9.78 Å². The fourth-order valence-corrected chi connectivity index (χ4v) is 2.55. The van der Waals surface area contributed by atoms with E-state index in [0.717, 1.165) is 24.1 Å². The zero-order valence-electron chi connectivity index (χ0n) is 11.2. The van der Waals surface area contributed by atoms with Crippen LogP contribution in [0.25, 0.3) is 0 Å². The Morgan fingerprint density at radius 2 is 2.11 bits per heavy atom. The maximum Gasteiger partial charge on any atom is 0.123 e. The molecule has 1 aromatic carbocycles. The Bertz CT molecular complexity index is 551. The topological polar surface area (TPSA) is 17.8 Å². The van der Waals surface area contributed by atoms with E-state index in [9.17, 15) is 4.39 Å². The van der Waals surface area contributed by atoms with E-state index in [4.69, 9.17) is 11.6 Å². The van der Waals surface area contributed by atoms with E-state index in [1.54, 1.807) is 12.1 Å². The predicted octanol–water partition coefficient (Wildman–Crippen LogP) is 3.51. The maximum absolute atomic E-state index is 13.2. The molecule has 0 radical (unpaired) electrons. The fourth-order valence-electron chi connectivity index (χ4n) is 2.33. The molecule has 4 heteroatoms. The summed E-state index contributed by atoms with van der Waals surface area (Å²) in [5.41, 5.74) is 3.17. The normalized spacial score (nSPS) is 12.6. The van der Waals surface area contributed by atoms with E-state index in [-0.39, 0.29) is 5.82 Å². The van der Waals surface area contributed by atoms with Crippen LogP contribution in [0.3, 0.4) is 0 Å². The molecule has 2 nitrogen and oxygen atoms in total. The summed E-state index contributed by atoms with van der Waals surface area (Å²) in [6.45, 7) is 1.98. The van der Waals surface area contributed by atoms with Crippen LogP contribution in [-0.4, -0.2) is 15.7 Å². The summed E-state index contributed by atoms with van der Waals surface area (Å²) in [5.74, 6) is 0.654. The van der Waals surface area contributed by atoms with Gasteiger partial charge in [0.05, 0.1) is 5.69 Å². The molecular weight excluding hydrogens is 263 g/mol. The van der Waals surface area contributed by atoms with Crippen LogP contribution in [0.5, 0.6) is 0 Å². The zero-order chi connectivity index (χ0) is 13.8. The van der Waals surface area contributed by atoms with Gasteiger partial charge in [-0.3, -0.25) is 4.68 Å². The van der Waals surface area contributed by atoms with Gasteiger partial charge < -0.3 is 0 Å². The van der Waals surface area contributed by atoms with Gasteiger partial charge in [0, 0.05) is 18.6 Å². The van der Waals surface area contributed by atoms with Gasteiger partial charge in [-0.25, -0.2) is 4.39 Å². The first-order valence-corrected chi connectivity index (χ1v) is 6.92. The third-order valence-corrected chi connectivity index (χ3v) is 3.66. The molecule has 1 aromatic heterocycles. The van der Waals surface area contributed by atoms with Crippen molar-refractivity contribution < 1.29 is 4.39 Å². The van der Waals surface area contributed by atoms with E-state index >= 15 is 0 Å².